The lowest BCUT2D eigenvalue weighted by molar-refractivity contribution is 0.313. The Morgan fingerprint density at radius 2 is 1.76 bits per heavy atom. The van der Waals surface area contributed by atoms with E-state index in [2.05, 4.69) is 4.72 Å². The average Bonchev–Trinajstić information content (AvgIpc) is 2.47. The number of hydrogen-bond acceptors (Lipinski definition) is 4. The van der Waals surface area contributed by atoms with Crippen molar-refractivity contribution in [1.82, 2.24) is 4.72 Å². The van der Waals surface area contributed by atoms with Gasteiger partial charge in [0.1, 0.15) is 5.75 Å². The van der Waals surface area contributed by atoms with Gasteiger partial charge in [-0.05, 0) is 57.0 Å². The molecule has 120 valence electrons. The summed E-state index contributed by atoms with van der Waals surface area (Å²) in [7, 11) is -3.51. The Kier molecular flexibility index (Phi) is 6.64. The molecule has 0 heterocycles. The minimum Gasteiger partial charge on any atom is -0.494 e. The Morgan fingerprint density at radius 1 is 1.19 bits per heavy atom. The Bertz CT molecular complexity index is 522. The molecule has 0 radical (unpaired) electrons. The van der Waals surface area contributed by atoms with E-state index in [0.29, 0.717) is 18.9 Å². The Labute approximate surface area is 127 Å². The topological polar surface area (TPSA) is 81.4 Å². The van der Waals surface area contributed by atoms with E-state index in [1.807, 2.05) is 20.8 Å². The van der Waals surface area contributed by atoms with Crippen LogP contribution in [0.5, 0.6) is 5.75 Å². The third-order valence-electron chi connectivity index (χ3n) is 3.69. The molecule has 21 heavy (non-hydrogen) atoms. The van der Waals surface area contributed by atoms with Gasteiger partial charge in [0.2, 0.25) is 10.0 Å². The highest BCUT2D eigenvalue weighted by atomic mass is 32.2. The highest BCUT2D eigenvalue weighted by Gasteiger charge is 2.27. The monoisotopic (exact) mass is 314 g/mol. The number of sulfonamides is 1. The van der Waals surface area contributed by atoms with Crippen LogP contribution in [0.1, 0.15) is 40.0 Å². The third kappa shape index (κ3) is 5.30. The molecule has 1 rings (SSSR count). The first-order valence-electron chi connectivity index (χ1n) is 7.34. The third-order valence-corrected chi connectivity index (χ3v) is 5.35. The molecular weight excluding hydrogens is 288 g/mol. The van der Waals surface area contributed by atoms with Gasteiger partial charge < -0.3 is 10.5 Å². The zero-order valence-corrected chi connectivity index (χ0v) is 13.9. The molecular formula is C15H26N2O3S. The Hall–Kier alpha value is -1.11. The van der Waals surface area contributed by atoms with Crippen LogP contribution >= 0.6 is 0 Å². The lowest BCUT2D eigenvalue weighted by Gasteiger charge is -2.27. The smallest absolute Gasteiger partial charge is 0.241 e. The van der Waals surface area contributed by atoms with Gasteiger partial charge >= 0.3 is 0 Å². The first kappa shape index (κ1) is 17.9. The molecule has 0 unspecified atom stereocenters. The SMILES string of the molecule is CCC(C)(CC)NS(=O)(=O)c1ccc(OCCCN)cc1. The van der Waals surface area contributed by atoms with E-state index in [-0.39, 0.29) is 4.90 Å². The molecule has 0 aliphatic heterocycles. The first-order valence-corrected chi connectivity index (χ1v) is 8.82. The molecule has 0 aromatic heterocycles. The number of nitrogens with two attached hydrogens (primary N) is 1. The summed E-state index contributed by atoms with van der Waals surface area (Å²) in [4.78, 5) is 0.252. The van der Waals surface area contributed by atoms with Crippen molar-refractivity contribution in [2.24, 2.45) is 5.73 Å². The van der Waals surface area contributed by atoms with Crippen molar-refractivity contribution in [2.45, 2.75) is 50.5 Å². The van der Waals surface area contributed by atoms with Crippen molar-refractivity contribution in [3.05, 3.63) is 24.3 Å². The van der Waals surface area contributed by atoms with Crippen molar-refractivity contribution >= 4 is 10.0 Å². The fraction of sp³-hybridized carbons (Fsp3) is 0.600. The van der Waals surface area contributed by atoms with Gasteiger partial charge in [-0.15, -0.1) is 0 Å². The summed E-state index contributed by atoms with van der Waals surface area (Å²) < 4.78 is 33.0. The maximum Gasteiger partial charge on any atom is 0.241 e. The zero-order chi connectivity index (χ0) is 15.9. The standard InChI is InChI=1S/C15H26N2O3S/c1-4-15(3,5-2)17-21(18,19)14-9-7-13(8-10-14)20-12-6-11-16/h7-10,17H,4-6,11-12,16H2,1-3H3. The van der Waals surface area contributed by atoms with Crippen LogP contribution in [0.25, 0.3) is 0 Å². The molecule has 1 aromatic carbocycles. The fourth-order valence-corrected chi connectivity index (χ4v) is 3.32. The molecule has 0 aliphatic carbocycles. The Morgan fingerprint density at radius 3 is 2.24 bits per heavy atom. The maximum absolute atomic E-state index is 12.4. The van der Waals surface area contributed by atoms with E-state index >= 15 is 0 Å². The second kappa shape index (κ2) is 7.77. The van der Waals surface area contributed by atoms with Crippen molar-refractivity contribution in [2.75, 3.05) is 13.2 Å². The summed E-state index contributed by atoms with van der Waals surface area (Å²) in [5, 5.41) is 0. The van der Waals surface area contributed by atoms with Gasteiger partial charge in [-0.3, -0.25) is 0 Å². The molecule has 1 aromatic rings. The van der Waals surface area contributed by atoms with Crippen LogP contribution in [0.15, 0.2) is 29.2 Å². The second-order valence-corrected chi connectivity index (χ2v) is 7.02. The number of nitrogens with one attached hydrogen (secondary N) is 1. The predicted octanol–water partition coefficient (Wildman–Crippen LogP) is 2.27. The normalized spacial score (nSPS) is 12.4. The Balaban J connectivity index is 2.80. The summed E-state index contributed by atoms with van der Waals surface area (Å²) >= 11 is 0. The van der Waals surface area contributed by atoms with Crippen molar-refractivity contribution in [3.8, 4) is 5.75 Å². The van der Waals surface area contributed by atoms with Crippen LogP contribution < -0.4 is 15.2 Å². The summed E-state index contributed by atoms with van der Waals surface area (Å²) in [6.07, 6.45) is 2.25. The summed E-state index contributed by atoms with van der Waals surface area (Å²) in [6, 6.07) is 6.46. The zero-order valence-electron chi connectivity index (χ0n) is 13.1. The number of benzene rings is 1. The van der Waals surface area contributed by atoms with E-state index in [9.17, 15) is 8.42 Å². The molecule has 0 spiro atoms. The van der Waals surface area contributed by atoms with Crippen LogP contribution in [0, 0.1) is 0 Å². The number of hydrogen-bond donors (Lipinski definition) is 2. The van der Waals surface area contributed by atoms with E-state index in [4.69, 9.17) is 10.5 Å². The van der Waals surface area contributed by atoms with Gasteiger partial charge in [-0.2, -0.15) is 0 Å². The lowest BCUT2D eigenvalue weighted by atomic mass is 9.98. The molecule has 6 heteroatoms. The summed E-state index contributed by atoms with van der Waals surface area (Å²) in [5.41, 5.74) is 4.97. The minimum atomic E-state index is -3.51. The van der Waals surface area contributed by atoms with Crippen molar-refractivity contribution < 1.29 is 13.2 Å². The van der Waals surface area contributed by atoms with E-state index in [0.717, 1.165) is 19.3 Å². The number of rotatable bonds is 9. The first-order chi connectivity index (χ1) is 9.87. The molecule has 0 fully saturated rings. The molecule has 5 nitrogen and oxygen atoms in total. The highest BCUT2D eigenvalue weighted by molar-refractivity contribution is 7.89. The molecule has 0 bridgehead atoms. The van der Waals surface area contributed by atoms with Gasteiger partial charge in [0.25, 0.3) is 0 Å². The van der Waals surface area contributed by atoms with Crippen LogP contribution in [0.4, 0.5) is 0 Å². The largest absolute Gasteiger partial charge is 0.494 e. The van der Waals surface area contributed by atoms with Gasteiger partial charge in [0, 0.05) is 5.54 Å². The molecule has 0 amide bonds. The molecule has 0 atom stereocenters. The maximum atomic E-state index is 12.4. The van der Waals surface area contributed by atoms with Crippen LogP contribution in [0.3, 0.4) is 0 Å². The van der Waals surface area contributed by atoms with Crippen molar-refractivity contribution in [1.29, 1.82) is 0 Å². The van der Waals surface area contributed by atoms with Gasteiger partial charge in [-0.25, -0.2) is 13.1 Å². The minimum absolute atomic E-state index is 0.252. The quantitative estimate of drug-likeness (QED) is 0.685. The van der Waals surface area contributed by atoms with Gasteiger partial charge in [-0.1, -0.05) is 13.8 Å². The van der Waals surface area contributed by atoms with E-state index < -0.39 is 15.6 Å². The highest BCUT2D eigenvalue weighted by Crippen LogP contribution is 2.21. The van der Waals surface area contributed by atoms with E-state index in [1.165, 1.54) is 0 Å². The summed E-state index contributed by atoms with van der Waals surface area (Å²) in [5.74, 6) is 0.649. The predicted molar refractivity (Wildman–Crippen MR) is 84.9 cm³/mol. The van der Waals surface area contributed by atoms with Gasteiger partial charge in [0.15, 0.2) is 0 Å². The molecule has 0 aliphatic rings. The van der Waals surface area contributed by atoms with E-state index in [1.54, 1.807) is 24.3 Å². The van der Waals surface area contributed by atoms with Gasteiger partial charge in [0.05, 0.1) is 11.5 Å². The van der Waals surface area contributed by atoms with Crippen LogP contribution in [0.2, 0.25) is 0 Å². The lowest BCUT2D eigenvalue weighted by Crippen LogP contribution is -2.44. The van der Waals surface area contributed by atoms with Crippen LogP contribution in [-0.2, 0) is 10.0 Å². The number of ether oxygens (including phenoxy) is 1. The summed E-state index contributed by atoms with van der Waals surface area (Å²) in [6.45, 7) is 6.96. The average molecular weight is 314 g/mol. The second-order valence-electron chi connectivity index (χ2n) is 5.34. The molecule has 3 N–H and O–H groups in total. The van der Waals surface area contributed by atoms with Crippen molar-refractivity contribution in [3.63, 3.8) is 0 Å². The molecule has 0 saturated heterocycles. The molecule has 0 saturated carbocycles. The fourth-order valence-electron chi connectivity index (χ4n) is 1.77. The van der Waals surface area contributed by atoms with Crippen LogP contribution in [-0.4, -0.2) is 27.1 Å².